The summed E-state index contributed by atoms with van der Waals surface area (Å²) < 4.78 is 5.06. The first-order valence-electron chi connectivity index (χ1n) is 7.37. The molecule has 0 unspecified atom stereocenters. The molecule has 0 heterocycles. The molecule has 0 amide bonds. The van der Waals surface area contributed by atoms with Crippen molar-refractivity contribution in [3.05, 3.63) is 0 Å². The molecule has 4 nitrogen and oxygen atoms in total. The van der Waals surface area contributed by atoms with Crippen molar-refractivity contribution >= 4 is 6.16 Å². The normalized spacial score (nSPS) is 12.3. The van der Waals surface area contributed by atoms with Crippen molar-refractivity contribution in [2.24, 2.45) is 0 Å². The minimum absolute atomic E-state index is 0.383. The summed E-state index contributed by atoms with van der Waals surface area (Å²) in [5.41, 5.74) is -0.949. The van der Waals surface area contributed by atoms with E-state index in [1.165, 1.54) is 0 Å². The molecule has 0 aliphatic rings. The Kier molecular flexibility index (Phi) is 8.07. The quantitative estimate of drug-likeness (QED) is 0.270. The molecule has 0 atom stereocenters. The van der Waals surface area contributed by atoms with Crippen LogP contribution in [0.15, 0.2) is 0 Å². The number of unbranched alkanes of at least 4 members (excludes halogenated alkanes) is 2. The lowest BCUT2D eigenvalue weighted by molar-refractivity contribution is -0.333. The van der Waals surface area contributed by atoms with Gasteiger partial charge in [-0.1, -0.05) is 40.0 Å². The monoisotopic (exact) mass is 274 g/mol. The van der Waals surface area contributed by atoms with Crippen molar-refractivity contribution in [3.63, 3.8) is 0 Å². The van der Waals surface area contributed by atoms with Crippen LogP contribution in [0.25, 0.3) is 0 Å². The molecule has 0 aromatic carbocycles. The number of hydrogen-bond donors (Lipinski definition) is 0. The van der Waals surface area contributed by atoms with E-state index in [1.54, 1.807) is 20.8 Å². The second kappa shape index (κ2) is 8.41. The van der Waals surface area contributed by atoms with Gasteiger partial charge in [0, 0.05) is 0 Å². The molecule has 4 heteroatoms. The third-order valence-electron chi connectivity index (χ3n) is 3.20. The van der Waals surface area contributed by atoms with Gasteiger partial charge in [0.2, 0.25) is 0 Å². The summed E-state index contributed by atoms with van der Waals surface area (Å²) in [7, 11) is 0. The van der Waals surface area contributed by atoms with Crippen LogP contribution in [0.2, 0.25) is 0 Å². The molecule has 0 aromatic rings. The zero-order valence-electron chi connectivity index (χ0n) is 13.4. The highest BCUT2D eigenvalue weighted by molar-refractivity contribution is 5.59. The van der Waals surface area contributed by atoms with Crippen LogP contribution in [0.5, 0.6) is 0 Å². The highest BCUT2D eigenvalue weighted by atomic mass is 17.2. The number of hydrogen-bond acceptors (Lipinski definition) is 4. The maximum atomic E-state index is 11.5. The molecule has 19 heavy (non-hydrogen) atoms. The van der Waals surface area contributed by atoms with Crippen LogP contribution in [0.3, 0.4) is 0 Å². The zero-order valence-corrected chi connectivity index (χ0v) is 13.4. The maximum absolute atomic E-state index is 11.5. The van der Waals surface area contributed by atoms with Gasteiger partial charge >= 0.3 is 6.16 Å². The predicted molar refractivity (Wildman–Crippen MR) is 75.9 cm³/mol. The summed E-state index contributed by atoms with van der Waals surface area (Å²) in [4.78, 5) is 21.7. The van der Waals surface area contributed by atoms with Gasteiger partial charge in [-0.2, -0.15) is 4.89 Å². The second-order valence-electron chi connectivity index (χ2n) is 5.98. The predicted octanol–water partition coefficient (Wildman–Crippen LogP) is 5.01. The summed E-state index contributed by atoms with van der Waals surface area (Å²) in [6, 6.07) is 0. The molecule has 114 valence electrons. The third-order valence-corrected chi connectivity index (χ3v) is 3.20. The Labute approximate surface area is 117 Å². The molecule has 0 N–H and O–H groups in total. The van der Waals surface area contributed by atoms with Gasteiger partial charge in [0.05, 0.1) is 0 Å². The number of rotatable bonds is 8. The fraction of sp³-hybridized carbons (Fsp3) is 0.933. The molecular formula is C15H30O4. The molecule has 0 aliphatic carbocycles. The van der Waals surface area contributed by atoms with Crippen LogP contribution in [0.4, 0.5) is 4.79 Å². The van der Waals surface area contributed by atoms with E-state index in [9.17, 15) is 4.79 Å². The Morgan fingerprint density at radius 2 is 1.58 bits per heavy atom. The van der Waals surface area contributed by atoms with Crippen molar-refractivity contribution in [1.29, 1.82) is 0 Å². The van der Waals surface area contributed by atoms with E-state index >= 15 is 0 Å². The Balaban J connectivity index is 4.30. The molecule has 0 radical (unpaired) electrons. The number of carbonyl (C=O) groups is 1. The van der Waals surface area contributed by atoms with Gasteiger partial charge in [0.25, 0.3) is 0 Å². The maximum Gasteiger partial charge on any atom is 0.540 e. The number of ether oxygens (including phenoxy) is 1. The van der Waals surface area contributed by atoms with Crippen LogP contribution in [-0.4, -0.2) is 17.4 Å². The Morgan fingerprint density at radius 3 is 2.00 bits per heavy atom. The first kappa shape index (κ1) is 18.2. The van der Waals surface area contributed by atoms with Gasteiger partial charge in [-0.15, -0.1) is 0 Å². The van der Waals surface area contributed by atoms with E-state index in [2.05, 4.69) is 6.92 Å². The van der Waals surface area contributed by atoms with E-state index in [0.717, 1.165) is 38.5 Å². The molecule has 0 aromatic heterocycles. The Bertz CT molecular complexity index is 251. The van der Waals surface area contributed by atoms with Gasteiger partial charge < -0.3 is 4.74 Å². The standard InChI is InChI=1S/C15H30O4/c1-7-10-11-12-15(8-2,9-3)19-18-13(16)17-14(4,5)6/h7-12H2,1-6H3. The van der Waals surface area contributed by atoms with Crippen molar-refractivity contribution in [2.75, 3.05) is 0 Å². The largest absolute Gasteiger partial charge is 0.540 e. The summed E-state index contributed by atoms with van der Waals surface area (Å²) in [6.07, 6.45) is 5.17. The van der Waals surface area contributed by atoms with Gasteiger partial charge in [-0.3, -0.25) is 4.89 Å². The highest BCUT2D eigenvalue weighted by Crippen LogP contribution is 2.28. The SMILES string of the molecule is CCCCCC(CC)(CC)OOC(=O)OC(C)(C)C. The van der Waals surface area contributed by atoms with Crippen LogP contribution < -0.4 is 0 Å². The molecule has 0 saturated heterocycles. The molecule has 0 rings (SSSR count). The molecule has 0 bridgehead atoms. The minimum Gasteiger partial charge on any atom is -0.427 e. The van der Waals surface area contributed by atoms with Crippen molar-refractivity contribution in [2.45, 2.75) is 91.3 Å². The molecule has 0 aliphatic heterocycles. The lowest BCUT2D eigenvalue weighted by Crippen LogP contribution is -2.34. The number of carbonyl (C=O) groups excluding carboxylic acids is 1. The summed E-state index contributed by atoms with van der Waals surface area (Å²) >= 11 is 0. The Morgan fingerprint density at radius 1 is 1.00 bits per heavy atom. The average molecular weight is 274 g/mol. The van der Waals surface area contributed by atoms with Crippen LogP contribution in [0, 0.1) is 0 Å². The smallest absolute Gasteiger partial charge is 0.427 e. The fourth-order valence-electron chi connectivity index (χ4n) is 1.85. The van der Waals surface area contributed by atoms with Gasteiger partial charge in [-0.05, 0) is 40.0 Å². The minimum atomic E-state index is -0.769. The lowest BCUT2D eigenvalue weighted by Gasteiger charge is -2.29. The fourth-order valence-corrected chi connectivity index (χ4v) is 1.85. The molecule has 0 fully saturated rings. The van der Waals surface area contributed by atoms with Crippen molar-refractivity contribution in [1.82, 2.24) is 0 Å². The van der Waals surface area contributed by atoms with Gasteiger partial charge in [0.1, 0.15) is 11.2 Å². The van der Waals surface area contributed by atoms with Gasteiger partial charge in [-0.25, -0.2) is 4.79 Å². The lowest BCUT2D eigenvalue weighted by atomic mass is 9.91. The van der Waals surface area contributed by atoms with Crippen LogP contribution in [0.1, 0.15) is 80.1 Å². The van der Waals surface area contributed by atoms with E-state index in [0.29, 0.717) is 0 Å². The summed E-state index contributed by atoms with van der Waals surface area (Å²) in [5, 5.41) is 0. The van der Waals surface area contributed by atoms with Gasteiger partial charge in [0.15, 0.2) is 0 Å². The van der Waals surface area contributed by atoms with E-state index in [-0.39, 0.29) is 5.60 Å². The Hall–Kier alpha value is -0.770. The van der Waals surface area contributed by atoms with Crippen molar-refractivity contribution < 1.29 is 19.3 Å². The zero-order chi connectivity index (χ0) is 14.9. The molecule has 0 saturated carbocycles. The second-order valence-corrected chi connectivity index (χ2v) is 5.98. The van der Waals surface area contributed by atoms with E-state index in [4.69, 9.17) is 14.5 Å². The molecule has 0 spiro atoms. The van der Waals surface area contributed by atoms with E-state index < -0.39 is 11.8 Å². The first-order valence-corrected chi connectivity index (χ1v) is 7.37. The van der Waals surface area contributed by atoms with Crippen molar-refractivity contribution in [3.8, 4) is 0 Å². The first-order chi connectivity index (χ1) is 8.78. The average Bonchev–Trinajstić information content (AvgIpc) is 2.32. The van der Waals surface area contributed by atoms with E-state index in [1.807, 2.05) is 13.8 Å². The topological polar surface area (TPSA) is 44.8 Å². The highest BCUT2D eigenvalue weighted by Gasteiger charge is 2.31. The summed E-state index contributed by atoms with van der Waals surface area (Å²) in [6.45, 7) is 11.6. The van der Waals surface area contributed by atoms with Crippen LogP contribution in [-0.2, 0) is 14.5 Å². The third kappa shape index (κ3) is 8.09. The van der Waals surface area contributed by atoms with Crippen LogP contribution >= 0.6 is 0 Å². The summed E-state index contributed by atoms with van der Waals surface area (Å²) in [5.74, 6) is 0. The molecular weight excluding hydrogens is 244 g/mol.